The Kier molecular flexibility index (Phi) is 3.77. The Morgan fingerprint density at radius 2 is 1.82 bits per heavy atom. The van der Waals surface area contributed by atoms with Crippen molar-refractivity contribution in [2.24, 2.45) is 0 Å². The van der Waals surface area contributed by atoms with Crippen LogP contribution in [0.4, 0.5) is 0 Å². The van der Waals surface area contributed by atoms with E-state index in [4.69, 9.17) is 0 Å². The Morgan fingerprint density at radius 1 is 1.06 bits per heavy atom. The average molecular weight is 228 g/mol. The molecule has 0 spiro atoms. The van der Waals surface area contributed by atoms with Crippen LogP contribution < -0.4 is 5.32 Å². The lowest BCUT2D eigenvalue weighted by Gasteiger charge is -2.04. The van der Waals surface area contributed by atoms with Gasteiger partial charge in [0.1, 0.15) is 11.6 Å². The zero-order valence-electron chi connectivity index (χ0n) is 10.1. The molecule has 4 heteroatoms. The average Bonchev–Trinajstić information content (AvgIpc) is 2.37. The van der Waals surface area contributed by atoms with E-state index in [9.17, 15) is 0 Å². The van der Waals surface area contributed by atoms with Crippen LogP contribution in [0.2, 0.25) is 0 Å². The normalized spacial score (nSPS) is 10.5. The van der Waals surface area contributed by atoms with E-state index in [-0.39, 0.29) is 0 Å². The first kappa shape index (κ1) is 11.7. The first-order chi connectivity index (χ1) is 8.29. The van der Waals surface area contributed by atoms with Crippen LogP contribution in [0.5, 0.6) is 0 Å². The Hall–Kier alpha value is -1.81. The standard InChI is InChI=1S/C13H16N4/c1-10-15-12(8-9-14-2)17-13(16-10)11-6-4-3-5-7-11/h3-7,14H,8-9H2,1-2H3. The zero-order chi connectivity index (χ0) is 12.1. The minimum Gasteiger partial charge on any atom is -0.319 e. The molecule has 1 aromatic carbocycles. The van der Waals surface area contributed by atoms with Crippen LogP contribution in [0.25, 0.3) is 11.4 Å². The summed E-state index contributed by atoms with van der Waals surface area (Å²) in [5.41, 5.74) is 1.03. The second-order valence-electron chi connectivity index (χ2n) is 3.84. The summed E-state index contributed by atoms with van der Waals surface area (Å²) >= 11 is 0. The summed E-state index contributed by atoms with van der Waals surface area (Å²) in [6, 6.07) is 9.98. The number of likely N-dealkylation sites (N-methyl/N-ethyl adjacent to an activating group) is 1. The van der Waals surface area contributed by atoms with E-state index < -0.39 is 0 Å². The van der Waals surface area contributed by atoms with E-state index in [1.54, 1.807) is 0 Å². The van der Waals surface area contributed by atoms with Crippen molar-refractivity contribution in [3.8, 4) is 11.4 Å². The predicted molar refractivity (Wildman–Crippen MR) is 67.6 cm³/mol. The maximum absolute atomic E-state index is 4.48. The number of hydrogen-bond donors (Lipinski definition) is 1. The molecule has 0 aliphatic carbocycles. The van der Waals surface area contributed by atoms with Gasteiger partial charge in [-0.15, -0.1) is 0 Å². The number of aromatic nitrogens is 3. The van der Waals surface area contributed by atoms with Gasteiger partial charge in [-0.05, 0) is 14.0 Å². The smallest absolute Gasteiger partial charge is 0.163 e. The number of aryl methyl sites for hydroxylation is 1. The van der Waals surface area contributed by atoms with Crippen molar-refractivity contribution >= 4 is 0 Å². The molecule has 2 rings (SSSR count). The van der Waals surface area contributed by atoms with Crippen molar-refractivity contribution in [3.05, 3.63) is 42.0 Å². The van der Waals surface area contributed by atoms with Gasteiger partial charge >= 0.3 is 0 Å². The van der Waals surface area contributed by atoms with Crippen LogP contribution in [0.1, 0.15) is 11.6 Å². The Morgan fingerprint density at radius 3 is 2.53 bits per heavy atom. The van der Waals surface area contributed by atoms with Gasteiger partial charge in [0, 0.05) is 18.5 Å². The van der Waals surface area contributed by atoms with E-state index in [0.29, 0.717) is 0 Å². The lowest BCUT2D eigenvalue weighted by molar-refractivity contribution is 0.743. The van der Waals surface area contributed by atoms with Gasteiger partial charge < -0.3 is 5.32 Å². The molecule has 0 saturated carbocycles. The molecule has 0 aliphatic rings. The van der Waals surface area contributed by atoms with E-state index in [1.807, 2.05) is 44.3 Å². The first-order valence-electron chi connectivity index (χ1n) is 5.71. The number of nitrogens with zero attached hydrogens (tertiary/aromatic N) is 3. The summed E-state index contributed by atoms with van der Waals surface area (Å²) in [7, 11) is 1.92. The molecule has 1 N–H and O–H groups in total. The van der Waals surface area contributed by atoms with Crippen molar-refractivity contribution in [2.45, 2.75) is 13.3 Å². The summed E-state index contributed by atoms with van der Waals surface area (Å²) in [5.74, 6) is 2.36. The molecule has 1 aromatic heterocycles. The SMILES string of the molecule is CNCCc1nc(C)nc(-c2ccccc2)n1. The molecule has 0 unspecified atom stereocenters. The lowest BCUT2D eigenvalue weighted by Crippen LogP contribution is -2.13. The first-order valence-corrected chi connectivity index (χ1v) is 5.71. The fourth-order valence-corrected chi connectivity index (χ4v) is 1.60. The summed E-state index contributed by atoms with van der Waals surface area (Å²) in [6.07, 6.45) is 0.819. The molecular weight excluding hydrogens is 212 g/mol. The predicted octanol–water partition coefficient (Wildman–Crippen LogP) is 1.61. The minimum absolute atomic E-state index is 0.754. The lowest BCUT2D eigenvalue weighted by atomic mass is 10.2. The van der Waals surface area contributed by atoms with Crippen LogP contribution in [-0.2, 0) is 6.42 Å². The minimum atomic E-state index is 0.754. The topological polar surface area (TPSA) is 50.7 Å². The van der Waals surface area contributed by atoms with E-state index in [0.717, 1.165) is 36.0 Å². The molecule has 88 valence electrons. The Labute approximate surface area is 101 Å². The molecule has 0 bridgehead atoms. The molecule has 0 atom stereocenters. The van der Waals surface area contributed by atoms with Crippen LogP contribution in [0.15, 0.2) is 30.3 Å². The summed E-state index contributed by atoms with van der Waals surface area (Å²) in [6.45, 7) is 2.77. The molecule has 2 aromatic rings. The van der Waals surface area contributed by atoms with Crippen LogP contribution in [-0.4, -0.2) is 28.5 Å². The molecule has 0 saturated heterocycles. The highest BCUT2D eigenvalue weighted by molar-refractivity contribution is 5.54. The highest BCUT2D eigenvalue weighted by Gasteiger charge is 2.05. The summed E-state index contributed by atoms with van der Waals surface area (Å²) < 4.78 is 0. The highest BCUT2D eigenvalue weighted by atomic mass is 15.0. The van der Waals surface area contributed by atoms with Crippen LogP contribution in [0.3, 0.4) is 0 Å². The largest absolute Gasteiger partial charge is 0.319 e. The molecule has 0 amide bonds. The fraction of sp³-hybridized carbons (Fsp3) is 0.308. The van der Waals surface area contributed by atoms with Gasteiger partial charge in [0.2, 0.25) is 0 Å². The number of nitrogens with one attached hydrogen (secondary N) is 1. The number of hydrogen-bond acceptors (Lipinski definition) is 4. The van der Waals surface area contributed by atoms with Crippen molar-refractivity contribution < 1.29 is 0 Å². The monoisotopic (exact) mass is 228 g/mol. The molecule has 0 aliphatic heterocycles. The second-order valence-corrected chi connectivity index (χ2v) is 3.84. The van der Waals surface area contributed by atoms with Gasteiger partial charge in [0.25, 0.3) is 0 Å². The maximum atomic E-state index is 4.48. The molecule has 0 radical (unpaired) electrons. The van der Waals surface area contributed by atoms with Gasteiger partial charge in [-0.25, -0.2) is 15.0 Å². The van der Waals surface area contributed by atoms with Gasteiger partial charge in [-0.1, -0.05) is 30.3 Å². The van der Waals surface area contributed by atoms with Crippen molar-refractivity contribution in [1.29, 1.82) is 0 Å². The van der Waals surface area contributed by atoms with Crippen molar-refractivity contribution in [1.82, 2.24) is 20.3 Å². The molecule has 4 nitrogen and oxygen atoms in total. The third-order valence-electron chi connectivity index (χ3n) is 2.42. The molecule has 17 heavy (non-hydrogen) atoms. The quantitative estimate of drug-likeness (QED) is 0.863. The summed E-state index contributed by atoms with van der Waals surface area (Å²) in [4.78, 5) is 13.2. The zero-order valence-corrected chi connectivity index (χ0v) is 10.1. The van der Waals surface area contributed by atoms with E-state index in [1.165, 1.54) is 0 Å². The van der Waals surface area contributed by atoms with Crippen LogP contribution >= 0.6 is 0 Å². The van der Waals surface area contributed by atoms with Gasteiger partial charge in [-0.2, -0.15) is 0 Å². The van der Waals surface area contributed by atoms with E-state index >= 15 is 0 Å². The summed E-state index contributed by atoms with van der Waals surface area (Å²) in [5, 5.41) is 3.09. The fourth-order valence-electron chi connectivity index (χ4n) is 1.60. The second kappa shape index (κ2) is 5.50. The highest BCUT2D eigenvalue weighted by Crippen LogP contribution is 2.13. The third kappa shape index (κ3) is 3.07. The van der Waals surface area contributed by atoms with Crippen molar-refractivity contribution in [2.75, 3.05) is 13.6 Å². The molecular formula is C13H16N4. The Balaban J connectivity index is 2.32. The molecule has 0 fully saturated rings. The number of rotatable bonds is 4. The van der Waals surface area contributed by atoms with Gasteiger partial charge in [-0.3, -0.25) is 0 Å². The van der Waals surface area contributed by atoms with Crippen molar-refractivity contribution in [3.63, 3.8) is 0 Å². The van der Waals surface area contributed by atoms with Crippen LogP contribution in [0, 0.1) is 6.92 Å². The van der Waals surface area contributed by atoms with Gasteiger partial charge in [0.15, 0.2) is 5.82 Å². The molecule has 1 heterocycles. The number of benzene rings is 1. The maximum Gasteiger partial charge on any atom is 0.163 e. The van der Waals surface area contributed by atoms with E-state index in [2.05, 4.69) is 20.3 Å². The van der Waals surface area contributed by atoms with Gasteiger partial charge in [0.05, 0.1) is 0 Å². The third-order valence-corrected chi connectivity index (χ3v) is 2.42. The Bertz CT molecular complexity index is 482.